The fraction of sp³-hybridized carbons (Fsp3) is 0.409. The molecule has 0 atom stereocenters. The Hall–Kier alpha value is -2.43. The number of carbonyl (C=O) groups is 1. The first-order valence-electron chi connectivity index (χ1n) is 10.5. The Labute approximate surface area is 190 Å². The first-order chi connectivity index (χ1) is 15.0. The lowest BCUT2D eigenvalue weighted by Gasteiger charge is -2.21. The summed E-state index contributed by atoms with van der Waals surface area (Å²) in [6, 6.07) is 9.12. The number of amides is 1. The molecule has 2 N–H and O–H groups in total. The van der Waals surface area contributed by atoms with Gasteiger partial charge in [0.05, 0.1) is 15.5 Å². The van der Waals surface area contributed by atoms with Crippen LogP contribution in [0, 0.1) is 13.8 Å². The van der Waals surface area contributed by atoms with Gasteiger partial charge in [-0.3, -0.25) is 9.52 Å². The molecule has 0 saturated carbocycles. The molecule has 1 aliphatic heterocycles. The fourth-order valence-corrected chi connectivity index (χ4v) is 6.83. The minimum Gasteiger partial charge on any atom is -0.326 e. The quantitative estimate of drug-likeness (QED) is 0.657. The molecular formula is C22H29N3O5S2. The average Bonchev–Trinajstić information content (AvgIpc) is 3.00. The molecule has 1 fully saturated rings. The predicted molar refractivity (Wildman–Crippen MR) is 125 cm³/mol. The molecule has 0 spiro atoms. The van der Waals surface area contributed by atoms with Crippen LogP contribution in [0.4, 0.5) is 11.4 Å². The number of rotatable bonds is 6. The average molecular weight is 480 g/mol. The molecule has 2 aromatic rings. The minimum absolute atomic E-state index is 0.00116. The number of hydrogen-bond donors (Lipinski definition) is 2. The van der Waals surface area contributed by atoms with E-state index < -0.39 is 20.0 Å². The molecule has 0 aliphatic carbocycles. The van der Waals surface area contributed by atoms with Crippen molar-refractivity contribution in [3.8, 4) is 0 Å². The van der Waals surface area contributed by atoms with Crippen LogP contribution in [0.3, 0.4) is 0 Å². The van der Waals surface area contributed by atoms with Gasteiger partial charge in [0.15, 0.2) is 0 Å². The summed E-state index contributed by atoms with van der Waals surface area (Å²) >= 11 is 0. The Balaban J connectivity index is 1.94. The number of nitrogens with zero attached hydrogens (tertiary/aromatic N) is 1. The third kappa shape index (κ3) is 5.48. The molecule has 3 rings (SSSR count). The van der Waals surface area contributed by atoms with Crippen LogP contribution < -0.4 is 10.0 Å². The standard InChI is InChI=1S/C22H29N3O5S2/c1-16-8-10-19(23-18(3)26)14-21(16)31(27,28)24-20-11-9-17(2)22(15-20)32(29,30)25-12-6-4-5-7-13-25/h8-11,14-15,24H,4-7,12-13H2,1-3H3,(H,23,26). The van der Waals surface area contributed by atoms with Gasteiger partial charge < -0.3 is 5.32 Å². The van der Waals surface area contributed by atoms with Gasteiger partial charge in [0.1, 0.15) is 0 Å². The van der Waals surface area contributed by atoms with Crippen molar-refractivity contribution in [2.45, 2.75) is 56.2 Å². The van der Waals surface area contributed by atoms with E-state index in [0.717, 1.165) is 25.7 Å². The largest absolute Gasteiger partial charge is 0.326 e. The summed E-state index contributed by atoms with van der Waals surface area (Å²) in [6.45, 7) is 5.62. The third-order valence-electron chi connectivity index (χ3n) is 5.42. The molecule has 174 valence electrons. The molecular weight excluding hydrogens is 450 g/mol. The highest BCUT2D eigenvalue weighted by atomic mass is 32.2. The van der Waals surface area contributed by atoms with Gasteiger partial charge in [-0.15, -0.1) is 0 Å². The second-order valence-corrected chi connectivity index (χ2v) is 11.6. The van der Waals surface area contributed by atoms with Gasteiger partial charge in [0.25, 0.3) is 10.0 Å². The van der Waals surface area contributed by atoms with E-state index >= 15 is 0 Å². The molecule has 10 heteroatoms. The van der Waals surface area contributed by atoms with E-state index in [1.165, 1.54) is 23.4 Å². The summed E-state index contributed by atoms with van der Waals surface area (Å²) in [6.07, 6.45) is 3.63. The summed E-state index contributed by atoms with van der Waals surface area (Å²) in [7, 11) is -7.75. The molecule has 1 amide bonds. The van der Waals surface area contributed by atoms with Crippen molar-refractivity contribution < 1.29 is 21.6 Å². The molecule has 32 heavy (non-hydrogen) atoms. The van der Waals surface area contributed by atoms with Crippen LogP contribution in [0.2, 0.25) is 0 Å². The first-order valence-corrected chi connectivity index (χ1v) is 13.4. The van der Waals surface area contributed by atoms with Crippen molar-refractivity contribution in [2.24, 2.45) is 0 Å². The van der Waals surface area contributed by atoms with E-state index in [4.69, 9.17) is 0 Å². The number of anilines is 2. The Kier molecular flexibility index (Phi) is 7.26. The lowest BCUT2D eigenvalue weighted by molar-refractivity contribution is -0.114. The molecule has 0 unspecified atom stereocenters. The van der Waals surface area contributed by atoms with E-state index in [9.17, 15) is 21.6 Å². The zero-order valence-corrected chi connectivity index (χ0v) is 20.1. The number of sulfonamides is 2. The smallest absolute Gasteiger partial charge is 0.262 e. The van der Waals surface area contributed by atoms with E-state index in [-0.39, 0.29) is 21.4 Å². The van der Waals surface area contributed by atoms with Crippen LogP contribution in [0.25, 0.3) is 0 Å². The van der Waals surface area contributed by atoms with Gasteiger partial charge in [-0.2, -0.15) is 4.31 Å². The van der Waals surface area contributed by atoms with E-state index in [1.54, 1.807) is 38.1 Å². The number of nitrogens with one attached hydrogen (secondary N) is 2. The molecule has 1 saturated heterocycles. The lowest BCUT2D eigenvalue weighted by atomic mass is 10.2. The highest BCUT2D eigenvalue weighted by molar-refractivity contribution is 7.92. The second kappa shape index (κ2) is 9.60. The van der Waals surface area contributed by atoms with Crippen LogP contribution in [0.1, 0.15) is 43.7 Å². The molecule has 0 bridgehead atoms. The van der Waals surface area contributed by atoms with E-state index in [2.05, 4.69) is 10.0 Å². The van der Waals surface area contributed by atoms with Crippen molar-refractivity contribution in [1.29, 1.82) is 0 Å². The Morgan fingerprint density at radius 2 is 1.34 bits per heavy atom. The fourth-order valence-electron chi connectivity index (χ4n) is 3.74. The zero-order valence-electron chi connectivity index (χ0n) is 18.5. The van der Waals surface area contributed by atoms with Crippen LogP contribution in [-0.2, 0) is 24.8 Å². The topological polar surface area (TPSA) is 113 Å². The summed E-state index contributed by atoms with van der Waals surface area (Å²) < 4.78 is 56.6. The van der Waals surface area contributed by atoms with Crippen molar-refractivity contribution in [2.75, 3.05) is 23.1 Å². The zero-order chi connectivity index (χ0) is 23.5. The summed E-state index contributed by atoms with van der Waals surface area (Å²) in [5.74, 6) is -0.313. The van der Waals surface area contributed by atoms with Gasteiger partial charge in [-0.25, -0.2) is 16.8 Å². The SMILES string of the molecule is CC(=O)Nc1ccc(C)c(S(=O)(=O)Nc2ccc(C)c(S(=O)(=O)N3CCCCCC3)c2)c1. The van der Waals surface area contributed by atoms with E-state index in [0.29, 0.717) is 29.9 Å². The van der Waals surface area contributed by atoms with Gasteiger partial charge in [-0.05, 0) is 62.1 Å². The number of carbonyl (C=O) groups excluding carboxylic acids is 1. The maximum atomic E-state index is 13.3. The van der Waals surface area contributed by atoms with Crippen LogP contribution in [0.5, 0.6) is 0 Å². The summed E-state index contributed by atoms with van der Waals surface area (Å²) in [5, 5.41) is 2.57. The second-order valence-electron chi connectivity index (χ2n) is 8.07. The molecule has 0 aromatic heterocycles. The maximum absolute atomic E-state index is 13.3. The van der Waals surface area contributed by atoms with Crippen LogP contribution in [-0.4, -0.2) is 40.1 Å². The number of benzene rings is 2. The minimum atomic E-state index is -4.02. The Morgan fingerprint density at radius 1 is 0.812 bits per heavy atom. The lowest BCUT2D eigenvalue weighted by Crippen LogP contribution is -2.32. The molecule has 8 nitrogen and oxygen atoms in total. The van der Waals surface area contributed by atoms with Crippen molar-refractivity contribution in [3.63, 3.8) is 0 Å². The maximum Gasteiger partial charge on any atom is 0.262 e. The predicted octanol–water partition coefficient (Wildman–Crippen LogP) is 3.63. The summed E-state index contributed by atoms with van der Waals surface area (Å²) in [5.41, 5.74) is 1.57. The highest BCUT2D eigenvalue weighted by Gasteiger charge is 2.27. The van der Waals surface area contributed by atoms with Crippen molar-refractivity contribution >= 4 is 37.3 Å². The molecule has 2 aromatic carbocycles. The molecule has 0 radical (unpaired) electrons. The van der Waals surface area contributed by atoms with Gasteiger partial charge in [0, 0.05) is 25.7 Å². The van der Waals surface area contributed by atoms with Gasteiger partial charge in [0.2, 0.25) is 15.9 Å². The Bertz CT molecular complexity index is 1220. The van der Waals surface area contributed by atoms with Crippen LogP contribution >= 0.6 is 0 Å². The van der Waals surface area contributed by atoms with Gasteiger partial charge >= 0.3 is 0 Å². The normalized spacial score (nSPS) is 15.7. The van der Waals surface area contributed by atoms with Crippen molar-refractivity contribution in [1.82, 2.24) is 4.31 Å². The van der Waals surface area contributed by atoms with Crippen molar-refractivity contribution in [3.05, 3.63) is 47.5 Å². The van der Waals surface area contributed by atoms with E-state index in [1.807, 2.05) is 0 Å². The highest BCUT2D eigenvalue weighted by Crippen LogP contribution is 2.28. The molecule has 1 aliphatic rings. The monoisotopic (exact) mass is 479 g/mol. The summed E-state index contributed by atoms with van der Waals surface area (Å²) in [4.78, 5) is 11.4. The number of hydrogen-bond acceptors (Lipinski definition) is 5. The third-order valence-corrected chi connectivity index (χ3v) is 8.99. The molecule has 1 heterocycles. The Morgan fingerprint density at radius 3 is 1.94 bits per heavy atom. The number of aryl methyl sites for hydroxylation is 2. The van der Waals surface area contributed by atoms with Crippen LogP contribution in [0.15, 0.2) is 46.2 Å². The first kappa shape index (κ1) is 24.2. The van der Waals surface area contributed by atoms with Gasteiger partial charge in [-0.1, -0.05) is 25.0 Å².